The summed E-state index contributed by atoms with van der Waals surface area (Å²) >= 11 is 0. The van der Waals surface area contributed by atoms with Crippen LogP contribution in [0.1, 0.15) is 12.5 Å². The van der Waals surface area contributed by atoms with Crippen molar-refractivity contribution >= 4 is 11.4 Å². The van der Waals surface area contributed by atoms with Crippen molar-refractivity contribution in [3.05, 3.63) is 29.8 Å². The maximum Gasteiger partial charge on any atom is 0.0667 e. The number of para-hydroxylation sites is 1. The molecule has 1 rings (SSSR count). The summed E-state index contributed by atoms with van der Waals surface area (Å²) in [5.74, 6) is 0. The van der Waals surface area contributed by atoms with Gasteiger partial charge in [0.15, 0.2) is 0 Å². The van der Waals surface area contributed by atoms with E-state index in [2.05, 4.69) is 5.10 Å². The Morgan fingerprint density at radius 1 is 1.31 bits per heavy atom. The lowest BCUT2D eigenvalue weighted by Crippen LogP contribution is -2.08. The lowest BCUT2D eigenvalue weighted by Gasteiger charge is -2.08. The zero-order valence-electron chi connectivity index (χ0n) is 8.28. The molecule has 0 aliphatic rings. The summed E-state index contributed by atoms with van der Waals surface area (Å²) in [4.78, 5) is 0. The monoisotopic (exact) mass is 177 g/mol. The van der Waals surface area contributed by atoms with E-state index in [0.29, 0.717) is 0 Å². The molecule has 3 heteroatoms. The fraction of sp³-hybridized carbons (Fsp3) is 0.300. The second kappa shape index (κ2) is 3.94. The Kier molecular flexibility index (Phi) is 2.90. The van der Waals surface area contributed by atoms with Crippen LogP contribution in [-0.2, 0) is 0 Å². The van der Waals surface area contributed by atoms with Gasteiger partial charge in [0.25, 0.3) is 0 Å². The van der Waals surface area contributed by atoms with Crippen LogP contribution in [0.5, 0.6) is 0 Å². The standard InChI is InChI=1S/C10H15N3/c1-8(12-13(2)3)9-6-4-5-7-10(9)11/h4-7H,11H2,1-3H3/b12-8-. The predicted molar refractivity (Wildman–Crippen MR) is 56.8 cm³/mol. The van der Waals surface area contributed by atoms with Crippen molar-refractivity contribution in [2.75, 3.05) is 19.8 Å². The van der Waals surface area contributed by atoms with Gasteiger partial charge >= 0.3 is 0 Å². The average molecular weight is 177 g/mol. The van der Waals surface area contributed by atoms with Gasteiger partial charge in [0.05, 0.1) is 5.71 Å². The van der Waals surface area contributed by atoms with E-state index in [-0.39, 0.29) is 0 Å². The smallest absolute Gasteiger partial charge is 0.0667 e. The molecule has 0 bridgehead atoms. The van der Waals surface area contributed by atoms with Crippen LogP contribution >= 0.6 is 0 Å². The van der Waals surface area contributed by atoms with Crippen LogP contribution in [-0.4, -0.2) is 24.8 Å². The minimum atomic E-state index is 0.769. The highest BCUT2D eigenvalue weighted by Crippen LogP contribution is 2.11. The van der Waals surface area contributed by atoms with Gasteiger partial charge in [-0.15, -0.1) is 0 Å². The van der Waals surface area contributed by atoms with Crippen molar-refractivity contribution in [3.8, 4) is 0 Å². The molecule has 0 aliphatic heterocycles. The fourth-order valence-electron chi connectivity index (χ4n) is 1.18. The number of hydrogen-bond donors (Lipinski definition) is 1. The summed E-state index contributed by atoms with van der Waals surface area (Å²) in [5, 5.41) is 6.04. The molecule has 13 heavy (non-hydrogen) atoms. The summed E-state index contributed by atoms with van der Waals surface area (Å²) in [7, 11) is 3.78. The van der Waals surface area contributed by atoms with Gasteiger partial charge in [-0.2, -0.15) is 5.10 Å². The molecule has 1 aromatic carbocycles. The molecule has 0 atom stereocenters. The van der Waals surface area contributed by atoms with Gasteiger partial charge in [-0.05, 0) is 13.0 Å². The number of nitrogens with zero attached hydrogens (tertiary/aromatic N) is 2. The van der Waals surface area contributed by atoms with Crippen molar-refractivity contribution < 1.29 is 0 Å². The molecule has 2 N–H and O–H groups in total. The molecule has 1 aromatic rings. The second-order valence-corrected chi connectivity index (χ2v) is 3.12. The van der Waals surface area contributed by atoms with Crippen molar-refractivity contribution in [2.45, 2.75) is 6.92 Å². The Hall–Kier alpha value is -1.51. The number of rotatable bonds is 2. The summed E-state index contributed by atoms with van der Waals surface area (Å²) in [6.45, 7) is 1.95. The van der Waals surface area contributed by atoms with E-state index < -0.39 is 0 Å². The summed E-state index contributed by atoms with van der Waals surface area (Å²) in [6, 6.07) is 7.73. The minimum Gasteiger partial charge on any atom is -0.398 e. The number of anilines is 1. The molecule has 70 valence electrons. The molecule has 0 unspecified atom stereocenters. The first-order valence-electron chi connectivity index (χ1n) is 4.18. The third kappa shape index (κ3) is 2.47. The number of benzene rings is 1. The lowest BCUT2D eigenvalue weighted by atomic mass is 10.1. The van der Waals surface area contributed by atoms with Crippen LogP contribution in [0.15, 0.2) is 29.4 Å². The lowest BCUT2D eigenvalue weighted by molar-refractivity contribution is 0.438. The third-order valence-electron chi connectivity index (χ3n) is 1.70. The average Bonchev–Trinajstić information content (AvgIpc) is 2.03. The minimum absolute atomic E-state index is 0.769. The van der Waals surface area contributed by atoms with Gasteiger partial charge in [-0.25, -0.2) is 0 Å². The molecule has 0 saturated heterocycles. The van der Waals surface area contributed by atoms with Crippen molar-refractivity contribution in [3.63, 3.8) is 0 Å². The molecule has 0 heterocycles. The Morgan fingerprint density at radius 2 is 1.92 bits per heavy atom. The van der Waals surface area contributed by atoms with Crippen LogP contribution < -0.4 is 5.73 Å². The summed E-state index contributed by atoms with van der Waals surface area (Å²) in [5.41, 5.74) is 8.50. The predicted octanol–water partition coefficient (Wildman–Crippen LogP) is 1.55. The Bertz CT molecular complexity index is 316. The van der Waals surface area contributed by atoms with E-state index in [4.69, 9.17) is 5.73 Å². The first kappa shape index (κ1) is 9.58. The molecule has 0 aromatic heterocycles. The second-order valence-electron chi connectivity index (χ2n) is 3.12. The molecule has 0 amide bonds. The maximum atomic E-state index is 5.80. The van der Waals surface area contributed by atoms with E-state index >= 15 is 0 Å². The van der Waals surface area contributed by atoms with Crippen molar-refractivity contribution in [1.82, 2.24) is 5.01 Å². The van der Waals surface area contributed by atoms with E-state index in [9.17, 15) is 0 Å². The first-order chi connectivity index (χ1) is 6.11. The van der Waals surface area contributed by atoms with Crippen LogP contribution in [0.2, 0.25) is 0 Å². The zero-order valence-corrected chi connectivity index (χ0v) is 8.28. The number of nitrogens with two attached hydrogens (primary N) is 1. The summed E-state index contributed by atoms with van der Waals surface area (Å²) < 4.78 is 0. The number of hydrazone groups is 1. The van der Waals surface area contributed by atoms with Gasteiger partial charge in [-0.1, -0.05) is 18.2 Å². The van der Waals surface area contributed by atoms with Gasteiger partial charge in [-0.3, -0.25) is 0 Å². The molecular weight excluding hydrogens is 162 g/mol. The maximum absolute atomic E-state index is 5.80. The van der Waals surface area contributed by atoms with Gasteiger partial charge < -0.3 is 10.7 Å². The highest BCUT2D eigenvalue weighted by atomic mass is 15.4. The van der Waals surface area contributed by atoms with E-state index in [0.717, 1.165) is 17.0 Å². The molecule has 0 radical (unpaired) electrons. The fourth-order valence-corrected chi connectivity index (χ4v) is 1.18. The normalized spacial score (nSPS) is 11.5. The molecule has 0 spiro atoms. The molecule has 3 nitrogen and oxygen atoms in total. The number of nitrogen functional groups attached to an aromatic ring is 1. The van der Waals surface area contributed by atoms with Crippen molar-refractivity contribution in [1.29, 1.82) is 0 Å². The molecule has 0 fully saturated rings. The van der Waals surface area contributed by atoms with E-state index in [1.165, 1.54) is 0 Å². The highest BCUT2D eigenvalue weighted by molar-refractivity contribution is 6.02. The summed E-state index contributed by atoms with van der Waals surface area (Å²) in [6.07, 6.45) is 0. The molecule has 0 aliphatic carbocycles. The van der Waals surface area contributed by atoms with Crippen molar-refractivity contribution in [2.24, 2.45) is 5.10 Å². The molecule has 0 saturated carbocycles. The van der Waals surface area contributed by atoms with Crippen LogP contribution in [0.4, 0.5) is 5.69 Å². The van der Waals surface area contributed by atoms with Gasteiger partial charge in [0.1, 0.15) is 0 Å². The van der Waals surface area contributed by atoms with Gasteiger partial charge in [0.2, 0.25) is 0 Å². The van der Waals surface area contributed by atoms with Crippen LogP contribution in [0.25, 0.3) is 0 Å². The Morgan fingerprint density at radius 3 is 2.46 bits per heavy atom. The largest absolute Gasteiger partial charge is 0.398 e. The first-order valence-corrected chi connectivity index (χ1v) is 4.18. The molecular formula is C10H15N3. The van der Waals surface area contributed by atoms with Crippen LogP contribution in [0, 0.1) is 0 Å². The van der Waals surface area contributed by atoms with E-state index in [1.54, 1.807) is 5.01 Å². The highest BCUT2D eigenvalue weighted by Gasteiger charge is 2.00. The van der Waals surface area contributed by atoms with Gasteiger partial charge in [0, 0.05) is 25.3 Å². The number of hydrogen-bond acceptors (Lipinski definition) is 3. The zero-order chi connectivity index (χ0) is 9.84. The topological polar surface area (TPSA) is 41.6 Å². The van der Waals surface area contributed by atoms with Crippen LogP contribution in [0.3, 0.4) is 0 Å². The Balaban J connectivity index is 3.02. The SMILES string of the molecule is C/C(=N/N(C)C)c1ccccc1N. The third-order valence-corrected chi connectivity index (χ3v) is 1.70. The van der Waals surface area contributed by atoms with E-state index in [1.807, 2.05) is 45.3 Å². The quantitative estimate of drug-likeness (QED) is 0.423. The Labute approximate surface area is 78.9 Å².